The Morgan fingerprint density at radius 2 is 1.91 bits per heavy atom. The van der Waals surface area contributed by atoms with Crippen LogP contribution < -0.4 is 16.4 Å². The molecule has 0 aromatic heterocycles. The van der Waals surface area contributed by atoms with Crippen molar-refractivity contribution in [1.29, 1.82) is 0 Å². The monoisotopic (exact) mass is 306 g/mol. The van der Waals surface area contributed by atoms with E-state index in [1.165, 1.54) is 0 Å². The van der Waals surface area contributed by atoms with Crippen LogP contribution in [-0.2, 0) is 4.74 Å². The van der Waals surface area contributed by atoms with Gasteiger partial charge in [0.1, 0.15) is 0 Å². The lowest BCUT2D eigenvalue weighted by molar-refractivity contribution is 0.0959. The van der Waals surface area contributed by atoms with Crippen molar-refractivity contribution in [2.75, 3.05) is 30.7 Å². The molecule has 120 valence electrons. The molecule has 0 unspecified atom stereocenters. The number of piperidine rings is 1. The average molecular weight is 306 g/mol. The summed E-state index contributed by atoms with van der Waals surface area (Å²) in [5, 5.41) is 5.67. The number of nitrogens with zero attached hydrogens (tertiary/aromatic N) is 1. The summed E-state index contributed by atoms with van der Waals surface area (Å²) in [7, 11) is 0. The topological polar surface area (TPSA) is 96.7 Å². The fraction of sp³-hybridized carbons (Fsp3) is 0.467. The van der Waals surface area contributed by atoms with Gasteiger partial charge < -0.3 is 26.0 Å². The largest absolute Gasteiger partial charge is 0.450 e. The minimum Gasteiger partial charge on any atom is -0.450 e. The van der Waals surface area contributed by atoms with Crippen molar-refractivity contribution in [3.8, 4) is 0 Å². The van der Waals surface area contributed by atoms with E-state index in [4.69, 9.17) is 10.5 Å². The normalized spacial score (nSPS) is 15.2. The third-order valence-corrected chi connectivity index (χ3v) is 3.52. The minimum absolute atomic E-state index is 0.0551. The van der Waals surface area contributed by atoms with Crippen molar-refractivity contribution >= 4 is 23.5 Å². The Bertz CT molecular complexity index is 510. The van der Waals surface area contributed by atoms with Crippen LogP contribution >= 0.6 is 0 Å². The van der Waals surface area contributed by atoms with Crippen LogP contribution in [0.4, 0.5) is 21.0 Å². The molecule has 1 saturated heterocycles. The first-order chi connectivity index (χ1) is 10.6. The summed E-state index contributed by atoms with van der Waals surface area (Å²) in [6.45, 7) is 3.34. The molecule has 1 aromatic carbocycles. The predicted molar refractivity (Wildman–Crippen MR) is 84.6 cm³/mol. The van der Waals surface area contributed by atoms with Gasteiger partial charge in [-0.05, 0) is 44.0 Å². The van der Waals surface area contributed by atoms with Crippen molar-refractivity contribution in [3.63, 3.8) is 0 Å². The Hall–Kier alpha value is -2.44. The Morgan fingerprint density at radius 1 is 1.27 bits per heavy atom. The maximum absolute atomic E-state index is 11.9. The molecule has 0 bridgehead atoms. The van der Waals surface area contributed by atoms with E-state index in [-0.39, 0.29) is 18.2 Å². The van der Waals surface area contributed by atoms with Gasteiger partial charge in [-0.2, -0.15) is 0 Å². The molecule has 0 saturated carbocycles. The van der Waals surface area contributed by atoms with Gasteiger partial charge in [-0.1, -0.05) is 0 Å². The molecule has 22 heavy (non-hydrogen) atoms. The van der Waals surface area contributed by atoms with Gasteiger partial charge in [-0.3, -0.25) is 0 Å². The second-order valence-electron chi connectivity index (χ2n) is 5.18. The van der Waals surface area contributed by atoms with Gasteiger partial charge in [-0.25, -0.2) is 9.59 Å². The highest BCUT2D eigenvalue weighted by Crippen LogP contribution is 2.13. The number of nitrogen functional groups attached to an aromatic ring is 1. The summed E-state index contributed by atoms with van der Waals surface area (Å²) in [5.74, 6) is 0. The van der Waals surface area contributed by atoms with E-state index < -0.39 is 0 Å². The number of amides is 3. The lowest BCUT2D eigenvalue weighted by Crippen LogP contribution is -2.47. The van der Waals surface area contributed by atoms with Gasteiger partial charge in [0, 0.05) is 30.5 Å². The molecular weight excluding hydrogens is 284 g/mol. The Morgan fingerprint density at radius 3 is 2.50 bits per heavy atom. The van der Waals surface area contributed by atoms with Crippen LogP contribution in [0.3, 0.4) is 0 Å². The van der Waals surface area contributed by atoms with Crippen LogP contribution in [0.1, 0.15) is 19.8 Å². The third kappa shape index (κ3) is 4.54. The summed E-state index contributed by atoms with van der Waals surface area (Å²) >= 11 is 0. The summed E-state index contributed by atoms with van der Waals surface area (Å²) in [4.78, 5) is 25.2. The zero-order chi connectivity index (χ0) is 15.9. The molecule has 7 heteroatoms. The molecular formula is C15H22N4O3. The summed E-state index contributed by atoms with van der Waals surface area (Å²) in [5.41, 5.74) is 6.94. The number of hydrogen-bond donors (Lipinski definition) is 3. The predicted octanol–water partition coefficient (Wildman–Crippen LogP) is 2.01. The average Bonchev–Trinajstić information content (AvgIpc) is 2.50. The number of carbonyl (C=O) groups is 2. The lowest BCUT2D eigenvalue weighted by atomic mass is 10.1. The van der Waals surface area contributed by atoms with Gasteiger partial charge in [0.25, 0.3) is 0 Å². The van der Waals surface area contributed by atoms with Gasteiger partial charge in [0.2, 0.25) is 0 Å². The molecule has 4 N–H and O–H groups in total. The zero-order valence-electron chi connectivity index (χ0n) is 12.7. The second-order valence-corrected chi connectivity index (χ2v) is 5.18. The standard InChI is InChI=1S/C15H22N4O3/c1-2-22-15(21)19-9-7-13(8-10-19)18-14(20)17-12-5-3-11(16)4-6-12/h3-6,13H,2,7-10,16H2,1H3,(H2,17,18,20). The number of likely N-dealkylation sites (tertiary alicyclic amines) is 1. The maximum Gasteiger partial charge on any atom is 0.409 e. The molecule has 1 heterocycles. The fourth-order valence-corrected chi connectivity index (χ4v) is 2.34. The van der Waals surface area contributed by atoms with Crippen molar-refractivity contribution in [3.05, 3.63) is 24.3 Å². The number of urea groups is 1. The summed E-state index contributed by atoms with van der Waals surface area (Å²) in [6, 6.07) is 6.76. The summed E-state index contributed by atoms with van der Waals surface area (Å²) in [6.07, 6.45) is 1.15. The highest BCUT2D eigenvalue weighted by molar-refractivity contribution is 5.89. The van der Waals surface area contributed by atoms with Crippen LogP contribution in [0.15, 0.2) is 24.3 Å². The maximum atomic E-state index is 11.9. The van der Waals surface area contributed by atoms with E-state index in [0.29, 0.717) is 43.9 Å². The lowest BCUT2D eigenvalue weighted by Gasteiger charge is -2.31. The first-order valence-corrected chi connectivity index (χ1v) is 7.43. The van der Waals surface area contributed by atoms with E-state index in [1.807, 2.05) is 0 Å². The molecule has 2 rings (SSSR count). The third-order valence-electron chi connectivity index (χ3n) is 3.52. The molecule has 0 atom stereocenters. The van der Waals surface area contributed by atoms with Crippen molar-refractivity contribution in [2.45, 2.75) is 25.8 Å². The number of nitrogens with one attached hydrogen (secondary N) is 2. The van der Waals surface area contributed by atoms with E-state index in [0.717, 1.165) is 0 Å². The van der Waals surface area contributed by atoms with Crippen LogP contribution in [0.2, 0.25) is 0 Å². The molecule has 1 aromatic rings. The zero-order valence-corrected chi connectivity index (χ0v) is 12.7. The Kier molecular flexibility index (Phi) is 5.46. The van der Waals surface area contributed by atoms with Crippen LogP contribution in [-0.4, -0.2) is 42.8 Å². The highest BCUT2D eigenvalue weighted by Gasteiger charge is 2.24. The highest BCUT2D eigenvalue weighted by atomic mass is 16.6. The number of carbonyl (C=O) groups excluding carboxylic acids is 2. The Balaban J connectivity index is 1.74. The van der Waals surface area contributed by atoms with Crippen molar-refractivity contribution < 1.29 is 14.3 Å². The van der Waals surface area contributed by atoms with E-state index in [9.17, 15) is 9.59 Å². The van der Waals surface area contributed by atoms with E-state index in [1.54, 1.807) is 36.1 Å². The minimum atomic E-state index is -0.285. The van der Waals surface area contributed by atoms with Gasteiger partial charge in [0.15, 0.2) is 0 Å². The number of ether oxygens (including phenoxy) is 1. The number of anilines is 2. The first-order valence-electron chi connectivity index (χ1n) is 7.43. The van der Waals surface area contributed by atoms with Gasteiger partial charge in [-0.15, -0.1) is 0 Å². The van der Waals surface area contributed by atoms with Crippen LogP contribution in [0, 0.1) is 0 Å². The van der Waals surface area contributed by atoms with Gasteiger partial charge >= 0.3 is 12.1 Å². The van der Waals surface area contributed by atoms with Crippen molar-refractivity contribution in [2.24, 2.45) is 0 Å². The number of nitrogens with two attached hydrogens (primary N) is 1. The second kappa shape index (κ2) is 7.53. The van der Waals surface area contributed by atoms with Crippen LogP contribution in [0.25, 0.3) is 0 Å². The molecule has 3 amide bonds. The Labute approximate surface area is 129 Å². The fourth-order valence-electron chi connectivity index (χ4n) is 2.34. The smallest absolute Gasteiger partial charge is 0.409 e. The number of benzene rings is 1. The van der Waals surface area contributed by atoms with E-state index >= 15 is 0 Å². The van der Waals surface area contributed by atoms with Crippen LogP contribution in [0.5, 0.6) is 0 Å². The molecule has 1 aliphatic rings. The number of hydrogen-bond acceptors (Lipinski definition) is 4. The van der Waals surface area contributed by atoms with Gasteiger partial charge in [0.05, 0.1) is 6.61 Å². The first kappa shape index (κ1) is 15.9. The van der Waals surface area contributed by atoms with Crippen molar-refractivity contribution in [1.82, 2.24) is 10.2 Å². The molecule has 0 aliphatic carbocycles. The molecule has 1 fully saturated rings. The molecule has 0 radical (unpaired) electrons. The molecule has 0 spiro atoms. The quantitative estimate of drug-likeness (QED) is 0.744. The number of rotatable bonds is 3. The summed E-state index contributed by atoms with van der Waals surface area (Å²) < 4.78 is 4.96. The molecule has 7 nitrogen and oxygen atoms in total. The molecule has 1 aliphatic heterocycles. The SMILES string of the molecule is CCOC(=O)N1CCC(NC(=O)Nc2ccc(N)cc2)CC1. The van der Waals surface area contributed by atoms with E-state index in [2.05, 4.69) is 10.6 Å².